The van der Waals surface area contributed by atoms with E-state index in [-0.39, 0.29) is 80.1 Å². The molecule has 3 aliphatic rings. The van der Waals surface area contributed by atoms with E-state index in [0.29, 0.717) is 92.1 Å². The summed E-state index contributed by atoms with van der Waals surface area (Å²) in [5.41, 5.74) is -1.03. The Kier molecular flexibility index (Phi) is 8.72. The minimum absolute atomic E-state index is 0.0190. The van der Waals surface area contributed by atoms with E-state index in [1.165, 1.54) is 24.5 Å². The quantitative estimate of drug-likeness (QED) is 0.102. The van der Waals surface area contributed by atoms with Gasteiger partial charge in [-0.1, -0.05) is 130 Å². The third kappa shape index (κ3) is 9.90. The number of para-hydroxylation sites is 1. The highest BCUT2D eigenvalue weighted by molar-refractivity contribution is 6.10. The molecular weight excluding hydrogens is 889 g/mol. The lowest BCUT2D eigenvalue weighted by molar-refractivity contribution is 0.666. The van der Waals surface area contributed by atoms with Crippen molar-refractivity contribution in [2.75, 3.05) is 0 Å². The number of hydrogen-bond acceptors (Lipinski definition) is 5. The third-order valence-corrected chi connectivity index (χ3v) is 14.6. The highest BCUT2D eigenvalue weighted by Crippen LogP contribution is 2.43. The minimum atomic E-state index is -3.38. The van der Waals surface area contributed by atoms with Crippen LogP contribution >= 0.6 is 0 Å². The van der Waals surface area contributed by atoms with Crippen LogP contribution in [0, 0.1) is 18.2 Å². The summed E-state index contributed by atoms with van der Waals surface area (Å²) in [6.45, 7) is -2.87. The van der Waals surface area contributed by atoms with Gasteiger partial charge in [0.05, 0.1) is 30.1 Å². The molecule has 5 aromatic carbocycles. The van der Waals surface area contributed by atoms with Crippen LogP contribution in [0.3, 0.4) is 0 Å². The van der Waals surface area contributed by atoms with E-state index in [0.717, 1.165) is 24.4 Å². The fourth-order valence-electron chi connectivity index (χ4n) is 10.8. The van der Waals surface area contributed by atoms with E-state index < -0.39 is 90.6 Å². The van der Waals surface area contributed by atoms with Gasteiger partial charge in [-0.2, -0.15) is 5.26 Å². The SMILES string of the molecule is [2H]c1cc2c(oc3c(-c4cc(C5([2H])CCCC5)c(C([2H])([2H])C([2H])([2H])c5cc(C([2H])([2H])C([2H])([2H])c6cnc(-c7ccccc7)cc6C6([2H])CCCC6)cc(C([2H])([2H])C([2H])([2H])c6cnc(-c7ccccc7)cc6C6([2H])CCCC6)c5)cn4)cccc32)c(C([2H])([2H])[2H])c1C#N. The molecule has 0 atom stereocenters. The van der Waals surface area contributed by atoms with Crippen molar-refractivity contribution in [3.8, 4) is 39.8 Å². The topological polar surface area (TPSA) is 75.6 Å². The van der Waals surface area contributed by atoms with E-state index in [1.54, 1.807) is 54.6 Å². The molecule has 5 nitrogen and oxygen atoms in total. The number of hydrogen-bond donors (Lipinski definition) is 0. The number of aryl methyl sites for hydroxylation is 7. The molecule has 12 rings (SSSR count). The number of pyridine rings is 3. The molecule has 0 unspecified atom stereocenters. The van der Waals surface area contributed by atoms with E-state index >= 15 is 0 Å². The van der Waals surface area contributed by atoms with Crippen molar-refractivity contribution in [2.24, 2.45) is 0 Å². The second-order valence-corrected chi connectivity index (χ2v) is 19.2. The summed E-state index contributed by atoms with van der Waals surface area (Å²) in [5.74, 6) is -4.33. The molecule has 5 heteroatoms. The van der Waals surface area contributed by atoms with Crippen LogP contribution in [0.5, 0.6) is 0 Å². The summed E-state index contributed by atoms with van der Waals surface area (Å²) in [7, 11) is 0. The number of benzene rings is 5. The van der Waals surface area contributed by atoms with Crippen LogP contribution in [0.4, 0.5) is 0 Å². The fourth-order valence-corrected chi connectivity index (χ4v) is 10.8. The standard InChI is InChI=1S/C68H66N4O/c1-45-54(41-69)33-34-59-58-25-14-26-60(68(58)73-67(45)59)66-40-63(51-19-12-13-20-51)57(44-72-66)32-29-48-36-46(27-30-55-42-70-64(52-21-4-2-5-22-52)38-61(55)49-15-8-9-16-49)35-47(37-48)28-31-56-43-71-65(53-23-6-3-7-24-53)39-62(56)50-17-10-11-18-50/h2-7,14,21-26,33-40,42-44,49-51H,8-13,15-20,27-32H2,1H3/i1D3,27D2,28D2,29D2,30D2,31D2,32D2,33D,49D,50D,51D. The second kappa shape index (κ2) is 21.1. The number of furan rings is 1. The maximum absolute atomic E-state index is 10.1. The van der Waals surface area contributed by atoms with Crippen molar-refractivity contribution >= 4 is 21.9 Å². The number of nitriles is 1. The van der Waals surface area contributed by atoms with Crippen molar-refractivity contribution in [1.29, 1.82) is 5.26 Å². The van der Waals surface area contributed by atoms with Gasteiger partial charge < -0.3 is 4.42 Å². The summed E-state index contributed by atoms with van der Waals surface area (Å²) in [6.07, 6.45) is -10.7. The molecule has 4 aromatic heterocycles. The van der Waals surface area contributed by atoms with Gasteiger partial charge in [0.15, 0.2) is 0 Å². The molecule has 3 saturated carbocycles. The van der Waals surface area contributed by atoms with Crippen LogP contribution < -0.4 is 0 Å². The van der Waals surface area contributed by atoms with Crippen molar-refractivity contribution in [2.45, 2.75) is 140 Å². The maximum atomic E-state index is 10.1. The molecule has 0 radical (unpaired) electrons. The van der Waals surface area contributed by atoms with E-state index in [2.05, 4.69) is 9.97 Å². The normalized spacial score (nSPS) is 22.0. The van der Waals surface area contributed by atoms with Gasteiger partial charge in [0.25, 0.3) is 0 Å². The molecule has 0 aliphatic heterocycles. The lowest BCUT2D eigenvalue weighted by Crippen LogP contribution is -2.06. The molecule has 0 spiro atoms. The molecule has 0 saturated heterocycles. The van der Waals surface area contributed by atoms with E-state index in [4.69, 9.17) is 14.9 Å². The molecule has 0 bridgehead atoms. The number of nitrogens with zero attached hydrogens (tertiary/aromatic N) is 4. The summed E-state index contributed by atoms with van der Waals surface area (Å²) in [5, 5.41) is 10.6. The Morgan fingerprint density at radius 3 is 1.42 bits per heavy atom. The summed E-state index contributed by atoms with van der Waals surface area (Å²) >= 11 is 0. The van der Waals surface area contributed by atoms with E-state index in [9.17, 15) is 25.8 Å². The first-order valence-electron chi connectivity index (χ1n) is 34.9. The molecule has 3 aliphatic carbocycles. The van der Waals surface area contributed by atoms with Crippen LogP contribution in [0.1, 0.15) is 182 Å². The average molecular weight is 974 g/mol. The predicted molar refractivity (Wildman–Crippen MR) is 298 cm³/mol. The van der Waals surface area contributed by atoms with Gasteiger partial charge in [-0.05, 0) is 188 Å². The molecule has 3 fully saturated rings. The Hall–Kier alpha value is -7.16. The Labute approximate surface area is 458 Å². The monoisotopic (exact) mass is 974 g/mol. The van der Waals surface area contributed by atoms with Crippen molar-refractivity contribution < 1.29 is 30.5 Å². The lowest BCUT2D eigenvalue weighted by atomic mass is 9.87. The van der Waals surface area contributed by atoms with Crippen LogP contribution in [0.15, 0.2) is 150 Å². The molecule has 0 amide bonds. The van der Waals surface area contributed by atoms with Gasteiger partial charge >= 0.3 is 0 Å². The van der Waals surface area contributed by atoms with Gasteiger partial charge in [-0.25, -0.2) is 0 Å². The number of fused-ring (bicyclic) bond motifs is 3. The van der Waals surface area contributed by atoms with Crippen LogP contribution in [-0.4, -0.2) is 15.0 Å². The minimum Gasteiger partial charge on any atom is -0.455 e. The van der Waals surface area contributed by atoms with Gasteiger partial charge in [-0.15, -0.1) is 0 Å². The first kappa shape index (κ1) is 30.1. The number of rotatable bonds is 15. The Bertz CT molecular complexity index is 4240. The lowest BCUT2D eigenvalue weighted by Gasteiger charge is -2.19. The van der Waals surface area contributed by atoms with Crippen molar-refractivity contribution in [3.05, 3.63) is 207 Å². The highest BCUT2D eigenvalue weighted by Gasteiger charge is 2.25. The van der Waals surface area contributed by atoms with E-state index in [1.807, 2.05) is 42.5 Å². The predicted octanol–water partition coefficient (Wildman–Crippen LogP) is 17.3. The smallest absolute Gasteiger partial charge is 0.144 e. The van der Waals surface area contributed by atoms with Gasteiger partial charge in [-0.3, -0.25) is 15.0 Å². The first-order valence-corrected chi connectivity index (χ1v) is 25.4. The zero-order valence-corrected chi connectivity index (χ0v) is 40.5. The van der Waals surface area contributed by atoms with Crippen LogP contribution in [0.2, 0.25) is 0 Å². The Morgan fingerprint density at radius 2 is 0.973 bits per heavy atom. The largest absolute Gasteiger partial charge is 0.455 e. The molecule has 9 aromatic rings. The molecule has 364 valence electrons. The average Bonchev–Trinajstić information content (AvgIpc) is 0.946. The van der Waals surface area contributed by atoms with Crippen molar-refractivity contribution in [1.82, 2.24) is 15.0 Å². The maximum Gasteiger partial charge on any atom is 0.144 e. The first-order chi connectivity index (χ1) is 43.2. The van der Waals surface area contributed by atoms with Crippen molar-refractivity contribution in [3.63, 3.8) is 0 Å². The van der Waals surface area contributed by atoms with Gasteiger partial charge in [0, 0.05) is 76.3 Å². The number of aromatic nitrogens is 3. The van der Waals surface area contributed by atoms with Crippen LogP contribution in [-0.2, 0) is 38.2 Å². The Balaban J connectivity index is 1.05. The molecular formula is C68H66N4O. The van der Waals surface area contributed by atoms with Gasteiger partial charge in [0.2, 0.25) is 0 Å². The zero-order chi connectivity index (χ0) is 66.0. The van der Waals surface area contributed by atoms with Crippen LogP contribution in [0.25, 0.3) is 55.7 Å². The summed E-state index contributed by atoms with van der Waals surface area (Å²) in [6, 6.07) is 33.3. The third-order valence-electron chi connectivity index (χ3n) is 14.6. The zero-order valence-electron chi connectivity index (χ0n) is 59.5. The fraction of sp³-hybridized carbons (Fsp3) is 0.324. The highest BCUT2D eigenvalue weighted by atomic mass is 16.3. The Morgan fingerprint density at radius 1 is 0.534 bits per heavy atom. The summed E-state index contributed by atoms with van der Waals surface area (Å²) < 4.78 is 190. The molecule has 73 heavy (non-hydrogen) atoms. The molecule has 4 heterocycles. The summed E-state index contributed by atoms with van der Waals surface area (Å²) in [4.78, 5) is 14.0. The van der Waals surface area contributed by atoms with Gasteiger partial charge in [0.1, 0.15) is 11.2 Å². The molecule has 0 N–H and O–H groups in total. The second-order valence-electron chi connectivity index (χ2n) is 19.2.